The third-order valence-corrected chi connectivity index (χ3v) is 9.02. The Hall–Kier alpha value is -3.07. The maximum absolute atomic E-state index is 14.0. The number of amides is 2. The maximum Gasteiger partial charge on any atom is 0.264 e. The summed E-state index contributed by atoms with van der Waals surface area (Å²) in [5.74, 6) is -0.697. The van der Waals surface area contributed by atoms with E-state index in [-0.39, 0.29) is 23.3 Å². The van der Waals surface area contributed by atoms with E-state index >= 15 is 0 Å². The number of halogens is 2. The van der Waals surface area contributed by atoms with Crippen LogP contribution in [-0.2, 0) is 26.2 Å². The van der Waals surface area contributed by atoms with Crippen LogP contribution in [0.5, 0.6) is 0 Å². The van der Waals surface area contributed by atoms with E-state index in [0.717, 1.165) is 15.4 Å². The lowest BCUT2D eigenvalue weighted by Crippen LogP contribution is -2.51. The molecule has 0 radical (unpaired) electrons. The molecule has 10 heteroatoms. The first kappa shape index (κ1) is 31.5. The van der Waals surface area contributed by atoms with Gasteiger partial charge in [-0.25, -0.2) is 8.42 Å². The monoisotopic (exact) mass is 603 g/mol. The molecule has 0 bridgehead atoms. The molecule has 7 nitrogen and oxygen atoms in total. The average molecular weight is 605 g/mol. The molecule has 0 heterocycles. The minimum absolute atomic E-state index is 0.0167. The highest BCUT2D eigenvalue weighted by Gasteiger charge is 2.33. The summed E-state index contributed by atoms with van der Waals surface area (Å²) in [6.07, 6.45) is 0. The molecule has 2 amide bonds. The van der Waals surface area contributed by atoms with Crippen LogP contribution >= 0.6 is 23.2 Å². The molecule has 3 aromatic carbocycles. The zero-order valence-corrected chi connectivity index (χ0v) is 25.6. The van der Waals surface area contributed by atoms with Gasteiger partial charge in [0.2, 0.25) is 11.8 Å². The minimum Gasteiger partial charge on any atom is -0.354 e. The topological polar surface area (TPSA) is 86.8 Å². The van der Waals surface area contributed by atoms with Crippen molar-refractivity contribution in [1.82, 2.24) is 10.2 Å². The Bertz CT molecular complexity index is 1460. The Kier molecular flexibility index (Phi) is 10.6. The first-order valence-corrected chi connectivity index (χ1v) is 15.2. The van der Waals surface area contributed by atoms with E-state index in [9.17, 15) is 18.0 Å². The van der Waals surface area contributed by atoms with Gasteiger partial charge in [-0.05, 0) is 73.7 Å². The summed E-state index contributed by atoms with van der Waals surface area (Å²) in [4.78, 5) is 28.5. The van der Waals surface area contributed by atoms with Gasteiger partial charge in [0.05, 0.1) is 10.6 Å². The van der Waals surface area contributed by atoms with Gasteiger partial charge in [0.1, 0.15) is 12.6 Å². The Morgan fingerprint density at radius 1 is 0.925 bits per heavy atom. The van der Waals surface area contributed by atoms with Crippen LogP contribution in [0.3, 0.4) is 0 Å². The van der Waals surface area contributed by atoms with Gasteiger partial charge in [-0.1, -0.05) is 73.4 Å². The molecule has 1 N–H and O–H groups in total. The Balaban J connectivity index is 2.07. The van der Waals surface area contributed by atoms with E-state index in [1.54, 1.807) is 55.5 Å². The van der Waals surface area contributed by atoms with Gasteiger partial charge in [-0.2, -0.15) is 0 Å². The lowest BCUT2D eigenvalue weighted by molar-refractivity contribution is -0.139. The van der Waals surface area contributed by atoms with Crippen LogP contribution in [0, 0.1) is 19.8 Å². The van der Waals surface area contributed by atoms with Crippen LogP contribution in [0.15, 0.2) is 71.6 Å². The highest BCUT2D eigenvalue weighted by atomic mass is 35.5. The Labute approximate surface area is 247 Å². The normalized spacial score (nSPS) is 12.2. The van der Waals surface area contributed by atoms with Crippen LogP contribution in [0.2, 0.25) is 10.0 Å². The van der Waals surface area contributed by atoms with Gasteiger partial charge in [0.25, 0.3) is 10.0 Å². The second-order valence-electron chi connectivity index (χ2n) is 10.1. The summed E-state index contributed by atoms with van der Waals surface area (Å²) in [7, 11) is -4.13. The first-order valence-electron chi connectivity index (χ1n) is 13.0. The van der Waals surface area contributed by atoms with E-state index in [2.05, 4.69) is 5.32 Å². The molecule has 1 atom stereocenters. The van der Waals surface area contributed by atoms with Gasteiger partial charge in [0.15, 0.2) is 0 Å². The van der Waals surface area contributed by atoms with E-state index in [1.165, 1.54) is 17.0 Å². The number of rotatable bonds is 11. The minimum atomic E-state index is -4.13. The van der Waals surface area contributed by atoms with Crippen LogP contribution in [-0.4, -0.2) is 44.3 Å². The fraction of sp³-hybridized carbons (Fsp3) is 0.333. The molecule has 0 fully saturated rings. The summed E-state index contributed by atoms with van der Waals surface area (Å²) in [5, 5.41) is 3.64. The number of nitrogens with zero attached hydrogens (tertiary/aromatic N) is 2. The summed E-state index contributed by atoms with van der Waals surface area (Å²) in [5.41, 5.74) is 2.57. The van der Waals surface area contributed by atoms with E-state index in [4.69, 9.17) is 23.2 Å². The summed E-state index contributed by atoms with van der Waals surface area (Å²) >= 11 is 12.5. The number of hydrogen-bond donors (Lipinski definition) is 1. The van der Waals surface area contributed by atoms with Crippen LogP contribution in [0.25, 0.3) is 0 Å². The fourth-order valence-corrected chi connectivity index (χ4v) is 6.07. The van der Waals surface area contributed by atoms with Crippen molar-refractivity contribution >= 4 is 50.7 Å². The second kappa shape index (κ2) is 13.5. The quantitative estimate of drug-likeness (QED) is 0.291. The van der Waals surface area contributed by atoms with Crippen molar-refractivity contribution in [2.75, 3.05) is 17.4 Å². The number of sulfonamides is 1. The third-order valence-electron chi connectivity index (χ3n) is 6.66. The maximum atomic E-state index is 14.0. The van der Waals surface area contributed by atoms with Crippen molar-refractivity contribution in [3.63, 3.8) is 0 Å². The predicted molar refractivity (Wildman–Crippen MR) is 161 cm³/mol. The van der Waals surface area contributed by atoms with Crippen molar-refractivity contribution in [3.05, 3.63) is 93.5 Å². The van der Waals surface area contributed by atoms with Crippen molar-refractivity contribution in [1.29, 1.82) is 0 Å². The van der Waals surface area contributed by atoms with E-state index in [1.807, 2.05) is 33.8 Å². The SMILES string of the molecule is Cc1cccc(N(CC(=O)N(Cc2ccc(Cl)cc2Cl)[C@H](C)C(=O)NCC(C)C)S(=O)(=O)c2ccccc2)c1C. The number of anilines is 1. The molecule has 0 aliphatic carbocycles. The molecule has 3 rings (SSSR count). The molecule has 40 heavy (non-hydrogen) atoms. The van der Waals surface area contributed by atoms with Gasteiger partial charge in [0, 0.05) is 23.1 Å². The molecule has 0 saturated heterocycles. The van der Waals surface area contributed by atoms with Crippen LogP contribution in [0.1, 0.15) is 37.5 Å². The Morgan fingerprint density at radius 2 is 1.60 bits per heavy atom. The fourth-order valence-electron chi connectivity index (χ4n) is 4.11. The highest BCUT2D eigenvalue weighted by molar-refractivity contribution is 7.92. The van der Waals surface area contributed by atoms with Gasteiger partial charge >= 0.3 is 0 Å². The predicted octanol–water partition coefficient (Wildman–Crippen LogP) is 6.00. The summed E-state index contributed by atoms with van der Waals surface area (Å²) in [6.45, 7) is 9.15. The second-order valence-corrected chi connectivity index (χ2v) is 12.8. The molecule has 0 aromatic heterocycles. The highest BCUT2D eigenvalue weighted by Crippen LogP contribution is 2.29. The van der Waals surface area contributed by atoms with Gasteiger partial charge in [-0.3, -0.25) is 13.9 Å². The van der Waals surface area contributed by atoms with Crippen molar-refractivity contribution in [3.8, 4) is 0 Å². The van der Waals surface area contributed by atoms with Crippen LogP contribution < -0.4 is 9.62 Å². The zero-order valence-electron chi connectivity index (χ0n) is 23.3. The van der Waals surface area contributed by atoms with Gasteiger partial charge < -0.3 is 10.2 Å². The Morgan fingerprint density at radius 3 is 2.23 bits per heavy atom. The molecule has 0 unspecified atom stereocenters. The summed E-state index contributed by atoms with van der Waals surface area (Å²) in [6, 6.07) is 17.3. The number of aryl methyl sites for hydroxylation is 1. The number of nitrogens with one attached hydrogen (secondary N) is 1. The smallest absolute Gasteiger partial charge is 0.264 e. The van der Waals surface area contributed by atoms with Crippen molar-refractivity contribution in [2.24, 2.45) is 5.92 Å². The van der Waals surface area contributed by atoms with Crippen LogP contribution in [0.4, 0.5) is 5.69 Å². The van der Waals surface area contributed by atoms with Gasteiger partial charge in [-0.15, -0.1) is 0 Å². The molecule has 0 aliphatic heterocycles. The molecule has 0 aliphatic rings. The lowest BCUT2D eigenvalue weighted by atomic mass is 10.1. The molecule has 3 aromatic rings. The van der Waals surface area contributed by atoms with E-state index < -0.39 is 28.5 Å². The third kappa shape index (κ3) is 7.56. The van der Waals surface area contributed by atoms with Crippen molar-refractivity contribution < 1.29 is 18.0 Å². The number of carbonyl (C=O) groups excluding carboxylic acids is 2. The van der Waals surface area contributed by atoms with Crippen molar-refractivity contribution in [2.45, 2.75) is 52.1 Å². The molecule has 214 valence electrons. The molecule has 0 spiro atoms. The number of benzene rings is 3. The number of hydrogen-bond acceptors (Lipinski definition) is 4. The van der Waals surface area contributed by atoms with E-state index in [0.29, 0.717) is 27.8 Å². The molecular formula is C30H35Cl2N3O4S. The molecule has 0 saturated carbocycles. The lowest BCUT2D eigenvalue weighted by Gasteiger charge is -2.33. The average Bonchev–Trinajstić information content (AvgIpc) is 2.91. The number of carbonyl (C=O) groups is 2. The summed E-state index contributed by atoms with van der Waals surface area (Å²) < 4.78 is 29.0. The zero-order chi connectivity index (χ0) is 29.6. The largest absolute Gasteiger partial charge is 0.354 e. The standard InChI is InChI=1S/C30H35Cl2N3O4S/c1-20(2)17-33-30(37)23(5)34(18-24-14-15-25(31)16-27(24)32)29(36)19-35(28-13-9-10-21(3)22(28)4)40(38,39)26-11-7-6-8-12-26/h6-16,20,23H,17-19H2,1-5H3,(H,33,37)/t23-/m1/s1. The molecular weight excluding hydrogens is 569 g/mol. The first-order chi connectivity index (χ1) is 18.8.